The summed E-state index contributed by atoms with van der Waals surface area (Å²) in [5, 5.41) is 6.93. The summed E-state index contributed by atoms with van der Waals surface area (Å²) in [6.45, 7) is 0. The Morgan fingerprint density at radius 3 is 2.32 bits per heavy atom. The molecule has 0 radical (unpaired) electrons. The largest absolute Gasteiger partial charge is 0.445 e. The van der Waals surface area contributed by atoms with Crippen molar-refractivity contribution >= 4 is 32.4 Å². The van der Waals surface area contributed by atoms with Crippen LogP contribution in [-0.4, -0.2) is 30.6 Å². The van der Waals surface area contributed by atoms with Crippen molar-refractivity contribution in [2.45, 2.75) is 30.0 Å². The van der Waals surface area contributed by atoms with Crippen molar-refractivity contribution in [3.05, 3.63) is 34.8 Å². The van der Waals surface area contributed by atoms with E-state index in [9.17, 15) is 26.4 Å². The van der Waals surface area contributed by atoms with Gasteiger partial charge in [0, 0.05) is 11.6 Å². The number of benzene rings is 1. The number of halogens is 3. The summed E-state index contributed by atoms with van der Waals surface area (Å²) in [6.07, 6.45) is -3.05. The average Bonchev–Trinajstić information content (AvgIpc) is 3.19. The zero-order valence-electron chi connectivity index (χ0n) is 12.4. The molecule has 1 fully saturated rings. The van der Waals surface area contributed by atoms with Crippen molar-refractivity contribution < 1.29 is 26.4 Å². The van der Waals surface area contributed by atoms with Crippen molar-refractivity contribution in [1.29, 1.82) is 0 Å². The van der Waals surface area contributed by atoms with Crippen LogP contribution in [0.1, 0.15) is 28.2 Å². The van der Waals surface area contributed by atoms with Gasteiger partial charge in [-0.2, -0.15) is 13.2 Å². The highest BCUT2D eigenvalue weighted by molar-refractivity contribution is 7.89. The number of anilines is 1. The van der Waals surface area contributed by atoms with E-state index < -0.39 is 27.1 Å². The molecule has 0 saturated heterocycles. The lowest BCUT2D eigenvalue weighted by molar-refractivity contribution is -0.138. The molecule has 3 rings (SSSR count). The summed E-state index contributed by atoms with van der Waals surface area (Å²) in [5.74, 6) is -0.719. The first-order valence-corrected chi connectivity index (χ1v) is 9.29. The van der Waals surface area contributed by atoms with Crippen LogP contribution in [0.4, 0.5) is 18.3 Å². The highest BCUT2D eigenvalue weighted by Crippen LogP contribution is 2.33. The third-order valence-corrected chi connectivity index (χ3v) is 5.63. The standard InChI is InChI=1S/C13H11F3N4O3S2/c14-13(15,16)11-18-19-12(24-11)17-10(21)7-1-5-9(6-2-7)25(22,23)20-8-3-4-8/h1-2,5-6,8,20H,3-4H2,(H,17,19,21). The maximum absolute atomic E-state index is 12.4. The van der Waals surface area contributed by atoms with Crippen LogP contribution in [0.15, 0.2) is 29.2 Å². The molecule has 1 saturated carbocycles. The molecule has 1 aromatic carbocycles. The smallest absolute Gasteiger partial charge is 0.296 e. The summed E-state index contributed by atoms with van der Waals surface area (Å²) in [5.41, 5.74) is 0.0779. The second-order valence-corrected chi connectivity index (χ2v) is 7.98. The molecule has 134 valence electrons. The van der Waals surface area contributed by atoms with Crippen LogP contribution in [0.2, 0.25) is 0 Å². The van der Waals surface area contributed by atoms with Gasteiger partial charge in [0.2, 0.25) is 20.2 Å². The molecular formula is C13H11F3N4O3S2. The molecule has 25 heavy (non-hydrogen) atoms. The summed E-state index contributed by atoms with van der Waals surface area (Å²) < 4.78 is 63.9. The van der Waals surface area contributed by atoms with Crippen LogP contribution in [0.3, 0.4) is 0 Å². The minimum atomic E-state index is -4.63. The summed E-state index contributed by atoms with van der Waals surface area (Å²) in [7, 11) is -3.64. The van der Waals surface area contributed by atoms with E-state index >= 15 is 0 Å². The lowest BCUT2D eigenvalue weighted by Crippen LogP contribution is -2.25. The molecule has 1 aromatic heterocycles. The van der Waals surface area contributed by atoms with Gasteiger partial charge in [0.05, 0.1) is 4.90 Å². The second-order valence-electron chi connectivity index (χ2n) is 5.28. The molecule has 2 aromatic rings. The Labute approximate surface area is 144 Å². The molecule has 7 nitrogen and oxygen atoms in total. The normalized spacial score (nSPS) is 15.2. The van der Waals surface area contributed by atoms with Crippen molar-refractivity contribution in [3.8, 4) is 0 Å². The second kappa shape index (κ2) is 6.35. The Morgan fingerprint density at radius 1 is 1.16 bits per heavy atom. The van der Waals surface area contributed by atoms with Crippen molar-refractivity contribution in [1.82, 2.24) is 14.9 Å². The van der Waals surface area contributed by atoms with Gasteiger partial charge in [-0.15, -0.1) is 10.2 Å². The monoisotopic (exact) mass is 392 g/mol. The molecule has 1 amide bonds. The van der Waals surface area contributed by atoms with E-state index in [4.69, 9.17) is 0 Å². The highest BCUT2D eigenvalue weighted by Gasteiger charge is 2.35. The van der Waals surface area contributed by atoms with Crippen molar-refractivity contribution in [3.63, 3.8) is 0 Å². The third kappa shape index (κ3) is 4.32. The van der Waals surface area contributed by atoms with E-state index in [1.165, 1.54) is 24.3 Å². The maximum atomic E-state index is 12.4. The number of hydrogen-bond donors (Lipinski definition) is 2. The average molecular weight is 392 g/mol. The fourth-order valence-corrected chi connectivity index (χ4v) is 3.74. The fraction of sp³-hybridized carbons (Fsp3) is 0.308. The van der Waals surface area contributed by atoms with Gasteiger partial charge in [0.1, 0.15) is 0 Å². The van der Waals surface area contributed by atoms with E-state index in [0.717, 1.165) is 12.8 Å². The molecule has 0 bridgehead atoms. The SMILES string of the molecule is O=C(Nc1nnc(C(F)(F)F)s1)c1ccc(S(=O)(=O)NC2CC2)cc1. The lowest BCUT2D eigenvalue weighted by atomic mass is 10.2. The Bertz CT molecular complexity index is 890. The number of amides is 1. The van der Waals surface area contributed by atoms with Gasteiger partial charge >= 0.3 is 6.18 Å². The minimum Gasteiger partial charge on any atom is -0.296 e. The van der Waals surface area contributed by atoms with E-state index in [0.29, 0.717) is 0 Å². The Balaban J connectivity index is 1.69. The predicted molar refractivity (Wildman–Crippen MR) is 82.6 cm³/mol. The van der Waals surface area contributed by atoms with Crippen molar-refractivity contribution in [2.75, 3.05) is 5.32 Å². The van der Waals surface area contributed by atoms with E-state index in [-0.39, 0.29) is 33.0 Å². The minimum absolute atomic E-state index is 0.00576. The zero-order chi connectivity index (χ0) is 18.2. The van der Waals surface area contributed by atoms with Gasteiger partial charge in [-0.05, 0) is 37.1 Å². The van der Waals surface area contributed by atoms with Crippen molar-refractivity contribution in [2.24, 2.45) is 0 Å². The van der Waals surface area contributed by atoms with Gasteiger partial charge in [-0.3, -0.25) is 10.1 Å². The Kier molecular flexibility index (Phi) is 4.51. The summed E-state index contributed by atoms with van der Waals surface area (Å²) in [6, 6.07) is 4.99. The number of rotatable bonds is 5. The van der Waals surface area contributed by atoms with Crippen LogP contribution in [0.5, 0.6) is 0 Å². The van der Waals surface area contributed by atoms with Gasteiger partial charge in [0.25, 0.3) is 5.91 Å². The number of nitrogens with zero attached hydrogens (tertiary/aromatic N) is 2. The summed E-state index contributed by atoms with van der Waals surface area (Å²) in [4.78, 5) is 12.0. The first kappa shape index (κ1) is 17.8. The van der Waals surface area contributed by atoms with Gasteiger partial charge in [-0.1, -0.05) is 11.3 Å². The molecule has 1 aliphatic carbocycles. The molecular weight excluding hydrogens is 381 g/mol. The van der Waals surface area contributed by atoms with E-state index in [2.05, 4.69) is 20.2 Å². The van der Waals surface area contributed by atoms with Gasteiger partial charge in [0.15, 0.2) is 0 Å². The number of carbonyl (C=O) groups is 1. The van der Waals surface area contributed by atoms with Crippen LogP contribution < -0.4 is 10.0 Å². The topological polar surface area (TPSA) is 101 Å². The van der Waals surface area contributed by atoms with Crippen LogP contribution >= 0.6 is 11.3 Å². The number of sulfonamides is 1. The number of alkyl halides is 3. The van der Waals surface area contributed by atoms with E-state index in [1.54, 1.807) is 0 Å². The Morgan fingerprint density at radius 2 is 1.80 bits per heavy atom. The summed E-state index contributed by atoms with van der Waals surface area (Å²) >= 11 is 0.199. The molecule has 1 aliphatic rings. The molecule has 1 heterocycles. The Hall–Kier alpha value is -2.05. The third-order valence-electron chi connectivity index (χ3n) is 3.21. The number of hydrogen-bond acceptors (Lipinski definition) is 6. The molecule has 0 aliphatic heterocycles. The van der Waals surface area contributed by atoms with Gasteiger partial charge < -0.3 is 0 Å². The van der Waals surface area contributed by atoms with Crippen LogP contribution in [0.25, 0.3) is 0 Å². The molecule has 12 heteroatoms. The molecule has 0 atom stereocenters. The van der Waals surface area contributed by atoms with Crippen LogP contribution in [0, 0.1) is 0 Å². The molecule has 2 N–H and O–H groups in total. The molecule has 0 spiro atoms. The first-order chi connectivity index (χ1) is 11.6. The number of aromatic nitrogens is 2. The first-order valence-electron chi connectivity index (χ1n) is 6.99. The van der Waals surface area contributed by atoms with Crippen LogP contribution in [-0.2, 0) is 16.2 Å². The van der Waals surface area contributed by atoms with E-state index in [1.807, 2.05) is 0 Å². The number of carbonyl (C=O) groups excluding carboxylic acids is 1. The molecule has 0 unspecified atom stereocenters. The predicted octanol–water partition coefficient (Wildman–Crippen LogP) is 2.25. The number of nitrogens with one attached hydrogen (secondary N) is 2. The highest BCUT2D eigenvalue weighted by atomic mass is 32.2. The maximum Gasteiger partial charge on any atom is 0.445 e. The lowest BCUT2D eigenvalue weighted by Gasteiger charge is -2.06. The fourth-order valence-electron chi connectivity index (χ4n) is 1.83. The van der Waals surface area contributed by atoms with Gasteiger partial charge in [-0.25, -0.2) is 13.1 Å². The zero-order valence-corrected chi connectivity index (χ0v) is 14.0. The quantitative estimate of drug-likeness (QED) is 0.813.